The topological polar surface area (TPSA) is 169 Å². The predicted octanol–water partition coefficient (Wildman–Crippen LogP) is 1.62. The zero-order chi connectivity index (χ0) is 25.4. The SMILES string of the molecule is CC(C)(C)OC(=O)NCCNCC(=O)n1c(NC(=O)OCc2ccccc2)nc2nc[nH]c2c1=O. The lowest BCUT2D eigenvalue weighted by Crippen LogP contribution is -2.40. The molecule has 2 heterocycles. The molecule has 2 amide bonds. The maximum Gasteiger partial charge on any atom is 0.414 e. The Bertz CT molecular complexity index is 1250. The standard InChI is InChI=1S/C22H27N7O6/c1-22(2,3)35-20(32)24-10-9-23-11-15(30)29-18(31)16-17(26-13-25-16)27-19(29)28-21(33)34-12-14-7-5-4-6-8-14/h4-8,13,23H,9-12H2,1-3H3,(H,24,32)(H,25,26)(H,27,28,33). The lowest BCUT2D eigenvalue weighted by molar-refractivity contribution is 0.0528. The number of carbonyl (C=O) groups excluding carboxylic acids is 3. The summed E-state index contributed by atoms with van der Waals surface area (Å²) in [6, 6.07) is 9.00. The summed E-state index contributed by atoms with van der Waals surface area (Å²) in [5.41, 5.74) is -0.556. The number of amides is 2. The summed E-state index contributed by atoms with van der Waals surface area (Å²) >= 11 is 0. The Balaban J connectivity index is 1.63. The minimum absolute atomic E-state index is 0.00754. The molecule has 13 nitrogen and oxygen atoms in total. The van der Waals surface area contributed by atoms with E-state index in [0.717, 1.165) is 10.1 Å². The molecule has 0 fully saturated rings. The Hall–Kier alpha value is -4.26. The third-order valence-electron chi connectivity index (χ3n) is 4.38. The molecule has 3 rings (SSSR count). The number of aromatic amines is 1. The van der Waals surface area contributed by atoms with Crippen LogP contribution in [-0.4, -0.2) is 62.8 Å². The molecule has 4 N–H and O–H groups in total. The Morgan fingerprint density at radius 3 is 2.54 bits per heavy atom. The van der Waals surface area contributed by atoms with Crippen molar-refractivity contribution in [2.24, 2.45) is 0 Å². The van der Waals surface area contributed by atoms with Crippen LogP contribution in [0.4, 0.5) is 15.5 Å². The summed E-state index contributed by atoms with van der Waals surface area (Å²) in [5, 5.41) is 7.71. The lowest BCUT2D eigenvalue weighted by atomic mass is 10.2. The van der Waals surface area contributed by atoms with Gasteiger partial charge in [0.1, 0.15) is 12.2 Å². The molecule has 0 saturated heterocycles. The van der Waals surface area contributed by atoms with E-state index in [1.54, 1.807) is 45.0 Å². The summed E-state index contributed by atoms with van der Waals surface area (Å²) in [7, 11) is 0. The summed E-state index contributed by atoms with van der Waals surface area (Å²) < 4.78 is 11.0. The normalized spacial score (nSPS) is 11.2. The predicted molar refractivity (Wildman–Crippen MR) is 126 cm³/mol. The maximum atomic E-state index is 12.9. The smallest absolute Gasteiger partial charge is 0.414 e. The highest BCUT2D eigenvalue weighted by Crippen LogP contribution is 2.09. The highest BCUT2D eigenvalue weighted by atomic mass is 16.6. The van der Waals surface area contributed by atoms with Crippen molar-refractivity contribution in [1.29, 1.82) is 0 Å². The van der Waals surface area contributed by atoms with Crippen LogP contribution in [0.1, 0.15) is 31.1 Å². The first-order valence-electron chi connectivity index (χ1n) is 10.8. The third-order valence-corrected chi connectivity index (χ3v) is 4.38. The molecule has 35 heavy (non-hydrogen) atoms. The second-order valence-corrected chi connectivity index (χ2v) is 8.36. The van der Waals surface area contributed by atoms with E-state index in [2.05, 4.69) is 30.9 Å². The molecule has 0 aliphatic rings. The van der Waals surface area contributed by atoms with Gasteiger partial charge >= 0.3 is 12.2 Å². The van der Waals surface area contributed by atoms with Crippen LogP contribution >= 0.6 is 0 Å². The van der Waals surface area contributed by atoms with Gasteiger partial charge in [0.2, 0.25) is 11.9 Å². The van der Waals surface area contributed by atoms with Crippen LogP contribution < -0.4 is 21.5 Å². The van der Waals surface area contributed by atoms with Crippen LogP contribution in [-0.2, 0) is 16.1 Å². The molecule has 3 aromatic rings. The van der Waals surface area contributed by atoms with Gasteiger partial charge in [-0.1, -0.05) is 30.3 Å². The number of rotatable bonds is 8. The van der Waals surface area contributed by atoms with Crippen LogP contribution in [0.5, 0.6) is 0 Å². The number of alkyl carbamates (subject to hydrolysis) is 1. The van der Waals surface area contributed by atoms with E-state index in [4.69, 9.17) is 9.47 Å². The highest BCUT2D eigenvalue weighted by molar-refractivity contribution is 5.90. The van der Waals surface area contributed by atoms with E-state index < -0.39 is 29.3 Å². The van der Waals surface area contributed by atoms with Crippen LogP contribution in [0.2, 0.25) is 0 Å². The van der Waals surface area contributed by atoms with Gasteiger partial charge in [-0.2, -0.15) is 4.98 Å². The highest BCUT2D eigenvalue weighted by Gasteiger charge is 2.20. The summed E-state index contributed by atoms with van der Waals surface area (Å²) in [6.07, 6.45) is -0.227. The van der Waals surface area contributed by atoms with E-state index in [0.29, 0.717) is 0 Å². The first kappa shape index (κ1) is 25.4. The number of fused-ring (bicyclic) bond motifs is 1. The van der Waals surface area contributed by atoms with E-state index in [1.165, 1.54) is 6.33 Å². The van der Waals surface area contributed by atoms with Crippen LogP contribution in [0, 0.1) is 0 Å². The van der Waals surface area contributed by atoms with Gasteiger partial charge in [-0.05, 0) is 26.3 Å². The molecule has 0 spiro atoms. The van der Waals surface area contributed by atoms with Crippen LogP contribution in [0.3, 0.4) is 0 Å². The molecular formula is C22H27N7O6. The number of carbonyl (C=O) groups is 3. The average Bonchev–Trinajstić information content (AvgIpc) is 3.26. The first-order chi connectivity index (χ1) is 16.6. The first-order valence-corrected chi connectivity index (χ1v) is 10.8. The van der Waals surface area contributed by atoms with Gasteiger partial charge in [-0.15, -0.1) is 0 Å². The van der Waals surface area contributed by atoms with Crippen molar-refractivity contribution < 1.29 is 23.9 Å². The van der Waals surface area contributed by atoms with Crippen molar-refractivity contribution in [2.75, 3.05) is 25.0 Å². The number of nitrogens with one attached hydrogen (secondary N) is 4. The fraction of sp³-hybridized carbons (Fsp3) is 0.364. The van der Waals surface area contributed by atoms with E-state index in [-0.39, 0.29) is 43.4 Å². The van der Waals surface area contributed by atoms with E-state index >= 15 is 0 Å². The van der Waals surface area contributed by atoms with Gasteiger partial charge in [0.05, 0.1) is 12.9 Å². The van der Waals surface area contributed by atoms with Gasteiger partial charge in [0.15, 0.2) is 11.2 Å². The zero-order valence-corrected chi connectivity index (χ0v) is 19.6. The molecule has 186 valence electrons. The van der Waals surface area contributed by atoms with Gasteiger partial charge in [-0.25, -0.2) is 19.1 Å². The van der Waals surface area contributed by atoms with E-state index in [9.17, 15) is 19.2 Å². The number of imidazole rings is 1. The Kier molecular flexibility index (Phi) is 8.15. The Morgan fingerprint density at radius 1 is 1.09 bits per heavy atom. The minimum Gasteiger partial charge on any atom is -0.444 e. The Morgan fingerprint density at radius 2 is 1.83 bits per heavy atom. The number of aromatic nitrogens is 4. The number of anilines is 1. The van der Waals surface area contributed by atoms with Crippen LogP contribution in [0.25, 0.3) is 11.2 Å². The molecule has 1 aromatic carbocycles. The van der Waals surface area contributed by atoms with Gasteiger partial charge < -0.3 is 25.1 Å². The molecule has 13 heteroatoms. The Labute approximate surface area is 200 Å². The fourth-order valence-electron chi connectivity index (χ4n) is 2.89. The molecule has 0 atom stereocenters. The monoisotopic (exact) mass is 485 g/mol. The molecule has 0 radical (unpaired) electrons. The summed E-state index contributed by atoms with van der Waals surface area (Å²) in [5.74, 6) is -1.01. The van der Waals surface area contributed by atoms with Crippen molar-refractivity contribution in [3.63, 3.8) is 0 Å². The van der Waals surface area contributed by atoms with Crippen molar-refractivity contribution in [3.8, 4) is 0 Å². The zero-order valence-electron chi connectivity index (χ0n) is 19.6. The molecular weight excluding hydrogens is 458 g/mol. The van der Waals surface area contributed by atoms with Crippen molar-refractivity contribution >= 4 is 35.2 Å². The second-order valence-electron chi connectivity index (χ2n) is 8.36. The molecule has 2 aromatic heterocycles. The fourth-order valence-corrected chi connectivity index (χ4v) is 2.89. The number of benzene rings is 1. The molecule has 0 saturated carbocycles. The number of hydrogen-bond acceptors (Lipinski definition) is 9. The largest absolute Gasteiger partial charge is 0.444 e. The number of H-pyrrole nitrogens is 1. The average molecular weight is 486 g/mol. The quantitative estimate of drug-likeness (QED) is 0.346. The number of nitrogens with zero attached hydrogens (tertiary/aromatic N) is 3. The van der Waals surface area contributed by atoms with Crippen molar-refractivity contribution in [3.05, 3.63) is 52.6 Å². The molecule has 0 unspecified atom stereocenters. The lowest BCUT2D eigenvalue weighted by Gasteiger charge is -2.19. The van der Waals surface area contributed by atoms with Gasteiger partial charge in [-0.3, -0.25) is 14.9 Å². The maximum absolute atomic E-state index is 12.9. The molecule has 0 bridgehead atoms. The van der Waals surface area contributed by atoms with E-state index in [1.807, 2.05) is 6.07 Å². The number of ether oxygens (including phenoxy) is 2. The molecule has 0 aliphatic carbocycles. The number of hydrogen-bond donors (Lipinski definition) is 4. The minimum atomic E-state index is -0.897. The van der Waals surface area contributed by atoms with Gasteiger partial charge in [0, 0.05) is 13.1 Å². The summed E-state index contributed by atoms with van der Waals surface area (Å²) in [4.78, 5) is 60.3. The second kappa shape index (κ2) is 11.2. The van der Waals surface area contributed by atoms with Crippen LogP contribution in [0.15, 0.2) is 41.5 Å². The third kappa shape index (κ3) is 7.37. The summed E-state index contributed by atoms with van der Waals surface area (Å²) in [6.45, 7) is 5.36. The van der Waals surface area contributed by atoms with Gasteiger partial charge in [0.25, 0.3) is 5.56 Å². The molecule has 0 aliphatic heterocycles. The van der Waals surface area contributed by atoms with Crippen molar-refractivity contribution in [1.82, 2.24) is 30.2 Å². The van der Waals surface area contributed by atoms with Crippen molar-refractivity contribution in [2.45, 2.75) is 33.0 Å².